The molecular formula is C21H32N2O6. The van der Waals surface area contributed by atoms with Crippen LogP contribution in [0, 0.1) is 11.8 Å². The van der Waals surface area contributed by atoms with Crippen molar-refractivity contribution in [1.29, 1.82) is 0 Å². The predicted octanol–water partition coefficient (Wildman–Crippen LogP) is 3.22. The zero-order valence-corrected chi connectivity index (χ0v) is 18.0. The van der Waals surface area contributed by atoms with Crippen LogP contribution in [0.25, 0.3) is 0 Å². The van der Waals surface area contributed by atoms with Gasteiger partial charge in [-0.1, -0.05) is 46.8 Å². The average Bonchev–Trinajstić information content (AvgIpc) is 2.70. The summed E-state index contributed by atoms with van der Waals surface area (Å²) in [6.45, 7) is 9.07. The van der Waals surface area contributed by atoms with Crippen molar-refractivity contribution in [1.82, 2.24) is 0 Å². The highest BCUT2D eigenvalue weighted by atomic mass is 16.7. The molecule has 0 saturated heterocycles. The zero-order chi connectivity index (χ0) is 22.1. The van der Waals surface area contributed by atoms with Gasteiger partial charge >= 0.3 is 18.0 Å². The fourth-order valence-corrected chi connectivity index (χ4v) is 2.13. The molecule has 8 heteroatoms. The number of nitrogens with two attached hydrogens (primary N) is 1. The van der Waals surface area contributed by atoms with Crippen LogP contribution >= 0.6 is 0 Å². The van der Waals surface area contributed by atoms with Gasteiger partial charge in [0.2, 0.25) is 0 Å². The first-order valence-electron chi connectivity index (χ1n) is 9.71. The molecule has 162 valence electrons. The molecule has 29 heavy (non-hydrogen) atoms. The number of hydrogen-bond donors (Lipinski definition) is 1. The average molecular weight is 408 g/mol. The highest BCUT2D eigenvalue weighted by molar-refractivity contribution is 5.87. The lowest BCUT2D eigenvalue weighted by molar-refractivity contribution is -0.177. The third kappa shape index (κ3) is 7.73. The second-order valence-corrected chi connectivity index (χ2v) is 7.44. The van der Waals surface area contributed by atoms with E-state index in [0.29, 0.717) is 12.1 Å². The molecule has 1 aromatic rings. The first-order valence-corrected chi connectivity index (χ1v) is 9.71. The van der Waals surface area contributed by atoms with E-state index in [-0.39, 0.29) is 24.4 Å². The lowest BCUT2D eigenvalue weighted by Crippen LogP contribution is -2.42. The Morgan fingerprint density at radius 3 is 2.07 bits per heavy atom. The van der Waals surface area contributed by atoms with Gasteiger partial charge in [-0.3, -0.25) is 14.5 Å². The minimum Gasteiger partial charge on any atom is -0.461 e. The molecule has 0 aliphatic rings. The van der Waals surface area contributed by atoms with Crippen LogP contribution in [0.2, 0.25) is 0 Å². The van der Waals surface area contributed by atoms with Gasteiger partial charge in [0, 0.05) is 25.1 Å². The van der Waals surface area contributed by atoms with Crippen molar-refractivity contribution in [2.75, 3.05) is 11.9 Å². The molecule has 0 radical (unpaired) electrons. The van der Waals surface area contributed by atoms with Crippen molar-refractivity contribution in [3.8, 4) is 0 Å². The molecule has 1 unspecified atom stereocenters. The van der Waals surface area contributed by atoms with Crippen molar-refractivity contribution < 1.29 is 28.6 Å². The topological polar surface area (TPSA) is 108 Å². The molecule has 0 saturated carbocycles. The van der Waals surface area contributed by atoms with Crippen LogP contribution in [0.5, 0.6) is 0 Å². The van der Waals surface area contributed by atoms with E-state index in [1.807, 2.05) is 13.8 Å². The summed E-state index contributed by atoms with van der Waals surface area (Å²) in [7, 11) is 1.55. The van der Waals surface area contributed by atoms with Gasteiger partial charge < -0.3 is 19.9 Å². The van der Waals surface area contributed by atoms with Gasteiger partial charge in [0.1, 0.15) is 12.6 Å². The Balaban J connectivity index is 2.72. The molecular weight excluding hydrogens is 376 g/mol. The number of hydrogen-bond acceptors (Lipinski definition) is 7. The molecule has 0 aliphatic carbocycles. The lowest BCUT2D eigenvalue weighted by atomic mass is 10.1. The van der Waals surface area contributed by atoms with Gasteiger partial charge in [-0.05, 0) is 23.6 Å². The SMILES string of the molecule is CCC(=O)OCc1ccc(N(C)C(=O)OC(OC(=O)[C@@H](N)C(C)C)C(C)C)cc1. The lowest BCUT2D eigenvalue weighted by Gasteiger charge is -2.26. The van der Waals surface area contributed by atoms with Gasteiger partial charge in [-0.25, -0.2) is 4.79 Å². The molecule has 8 nitrogen and oxygen atoms in total. The summed E-state index contributed by atoms with van der Waals surface area (Å²) in [4.78, 5) is 37.1. The monoisotopic (exact) mass is 408 g/mol. The number of amides is 1. The molecule has 0 fully saturated rings. The maximum Gasteiger partial charge on any atom is 0.417 e. The van der Waals surface area contributed by atoms with Crippen LogP contribution in [-0.4, -0.2) is 37.4 Å². The maximum absolute atomic E-state index is 12.5. The van der Waals surface area contributed by atoms with Crippen LogP contribution in [0.15, 0.2) is 24.3 Å². The van der Waals surface area contributed by atoms with E-state index in [1.54, 1.807) is 52.1 Å². The quantitative estimate of drug-likeness (QED) is 0.494. The fourth-order valence-electron chi connectivity index (χ4n) is 2.13. The standard InChI is InChI=1S/C21H32N2O6/c1-7-17(24)27-12-15-8-10-16(11-9-15)23(6)21(26)29-20(14(4)5)28-19(25)18(22)13(2)3/h8-11,13-14,18,20H,7,12,22H2,1-6H3/t18-,20?/m0/s1. The Labute approximate surface area is 172 Å². The molecule has 2 atom stereocenters. The maximum atomic E-state index is 12.5. The Kier molecular flexibility index (Phi) is 9.61. The van der Waals surface area contributed by atoms with Gasteiger partial charge in [-0.15, -0.1) is 0 Å². The third-order valence-corrected chi connectivity index (χ3v) is 4.27. The minimum absolute atomic E-state index is 0.0937. The number of esters is 2. The summed E-state index contributed by atoms with van der Waals surface area (Å²) in [6.07, 6.45) is -1.40. The Morgan fingerprint density at radius 2 is 1.59 bits per heavy atom. The van der Waals surface area contributed by atoms with Crippen LogP contribution in [-0.2, 0) is 30.4 Å². The largest absolute Gasteiger partial charge is 0.461 e. The Bertz CT molecular complexity index is 687. The summed E-state index contributed by atoms with van der Waals surface area (Å²) < 4.78 is 15.7. The summed E-state index contributed by atoms with van der Waals surface area (Å²) in [6, 6.07) is 6.14. The minimum atomic E-state index is -1.05. The zero-order valence-electron chi connectivity index (χ0n) is 18.0. The number of rotatable bonds is 9. The summed E-state index contributed by atoms with van der Waals surface area (Å²) in [5.41, 5.74) is 7.18. The molecule has 0 spiro atoms. The van der Waals surface area contributed by atoms with E-state index < -0.39 is 24.4 Å². The number of benzene rings is 1. The van der Waals surface area contributed by atoms with Crippen molar-refractivity contribution >= 4 is 23.7 Å². The summed E-state index contributed by atoms with van der Waals surface area (Å²) >= 11 is 0. The smallest absolute Gasteiger partial charge is 0.417 e. The van der Waals surface area contributed by atoms with E-state index >= 15 is 0 Å². The van der Waals surface area contributed by atoms with Crippen LogP contribution in [0.1, 0.15) is 46.6 Å². The Hall–Kier alpha value is -2.61. The normalized spacial score (nSPS) is 13.0. The van der Waals surface area contributed by atoms with Gasteiger partial charge in [0.05, 0.1) is 0 Å². The van der Waals surface area contributed by atoms with Crippen LogP contribution < -0.4 is 10.6 Å². The van der Waals surface area contributed by atoms with Crippen molar-refractivity contribution in [3.63, 3.8) is 0 Å². The number of carbonyl (C=O) groups is 3. The molecule has 1 amide bonds. The molecule has 0 bridgehead atoms. The molecule has 1 aromatic carbocycles. The Morgan fingerprint density at radius 1 is 1.00 bits per heavy atom. The van der Waals surface area contributed by atoms with E-state index in [4.69, 9.17) is 19.9 Å². The van der Waals surface area contributed by atoms with Crippen LogP contribution in [0.4, 0.5) is 10.5 Å². The second kappa shape index (κ2) is 11.4. The predicted molar refractivity (Wildman–Crippen MR) is 109 cm³/mol. The van der Waals surface area contributed by atoms with Crippen molar-refractivity contribution in [3.05, 3.63) is 29.8 Å². The van der Waals surface area contributed by atoms with Crippen molar-refractivity contribution in [2.45, 2.75) is 60.0 Å². The van der Waals surface area contributed by atoms with E-state index in [0.717, 1.165) is 5.56 Å². The van der Waals surface area contributed by atoms with E-state index in [9.17, 15) is 14.4 Å². The number of ether oxygens (including phenoxy) is 3. The van der Waals surface area contributed by atoms with Gasteiger partial charge in [-0.2, -0.15) is 0 Å². The third-order valence-electron chi connectivity index (χ3n) is 4.27. The van der Waals surface area contributed by atoms with Crippen LogP contribution in [0.3, 0.4) is 0 Å². The van der Waals surface area contributed by atoms with E-state index in [2.05, 4.69) is 0 Å². The molecule has 2 N–H and O–H groups in total. The van der Waals surface area contributed by atoms with Gasteiger partial charge in [0.25, 0.3) is 6.29 Å². The number of nitrogens with zero attached hydrogens (tertiary/aromatic N) is 1. The van der Waals surface area contributed by atoms with Crippen molar-refractivity contribution in [2.24, 2.45) is 17.6 Å². The highest BCUT2D eigenvalue weighted by Crippen LogP contribution is 2.18. The first-order chi connectivity index (χ1) is 13.6. The number of anilines is 1. The number of carbonyl (C=O) groups excluding carboxylic acids is 3. The first kappa shape index (κ1) is 24.4. The molecule has 0 heterocycles. The fraction of sp³-hybridized carbons (Fsp3) is 0.571. The highest BCUT2D eigenvalue weighted by Gasteiger charge is 2.28. The molecule has 0 aromatic heterocycles. The van der Waals surface area contributed by atoms with E-state index in [1.165, 1.54) is 4.90 Å². The summed E-state index contributed by atoms with van der Waals surface area (Å²) in [5.74, 6) is -1.23. The molecule has 0 aliphatic heterocycles. The second-order valence-electron chi connectivity index (χ2n) is 7.44. The summed E-state index contributed by atoms with van der Waals surface area (Å²) in [5, 5.41) is 0. The molecule has 1 rings (SSSR count). The van der Waals surface area contributed by atoms with Gasteiger partial charge in [0.15, 0.2) is 0 Å².